The number of β-lactam (4-membered cyclic amide) rings is 1. The molecule has 1 aromatic heterocycles. The van der Waals surface area contributed by atoms with Crippen molar-refractivity contribution in [1.29, 1.82) is 0 Å². The number of amides is 2. The Morgan fingerprint density at radius 3 is 2.54 bits per heavy atom. The maximum Gasteiger partial charge on any atom is 0.352 e. The number of rotatable bonds is 8. The molecule has 2 aliphatic heterocycles. The second-order valence-electron chi connectivity index (χ2n) is 7.59. The summed E-state index contributed by atoms with van der Waals surface area (Å²) in [6.45, 7) is 1.90. The topological polar surface area (TPSA) is 223 Å². The van der Waals surface area contributed by atoms with Crippen LogP contribution in [0.2, 0.25) is 0 Å². The molecule has 1 fully saturated rings. The quantitative estimate of drug-likeness (QED) is 0.127. The summed E-state index contributed by atoms with van der Waals surface area (Å²) in [4.78, 5) is 56.2. The lowest BCUT2D eigenvalue weighted by atomic mass is 10.0. The summed E-state index contributed by atoms with van der Waals surface area (Å²) >= 11 is 2.25. The Hall–Kier alpha value is -4.02. The summed E-state index contributed by atoms with van der Waals surface area (Å²) in [5.74, 6) is -2.05. The number of carboxylic acid groups (broad SMARTS) is 2. The second kappa shape index (κ2) is 12.3. The Balaban J connectivity index is 0.00000121. The number of carbonyl (C=O) groups is 4. The van der Waals surface area contributed by atoms with Crippen LogP contribution in [0.25, 0.3) is 0 Å². The fraction of sp³-hybridized carbons (Fsp3) is 0.286. The number of carbonyl (C=O) groups excluding carboxylic acids is 2. The van der Waals surface area contributed by atoms with Gasteiger partial charge in [0.2, 0.25) is 11.5 Å². The Kier molecular flexibility index (Phi) is 9.15. The van der Waals surface area contributed by atoms with Crippen molar-refractivity contribution in [2.24, 2.45) is 10.9 Å². The summed E-state index contributed by atoms with van der Waals surface area (Å²) in [6.07, 6.45) is 0. The molecule has 2 atom stereocenters. The number of nitrogens with zero attached hydrogens (tertiary/aromatic N) is 4. The van der Waals surface area contributed by atoms with Crippen molar-refractivity contribution in [3.05, 3.63) is 52.5 Å². The SMILES string of the molecule is CC1=C(C(=O)O)N2C(=O)C(NC(=O)C(=NOCc3ccc(CN)cc3)c3nsc(N)n3)[C@@H]2SC1.O=CO. The van der Waals surface area contributed by atoms with E-state index >= 15 is 0 Å². The van der Waals surface area contributed by atoms with Crippen molar-refractivity contribution in [3.63, 3.8) is 0 Å². The summed E-state index contributed by atoms with van der Waals surface area (Å²) in [6, 6.07) is 6.44. The largest absolute Gasteiger partial charge is 0.483 e. The molecule has 1 unspecified atom stereocenters. The number of carboxylic acids is 1. The Bertz CT molecular complexity index is 1250. The highest BCUT2D eigenvalue weighted by Gasteiger charge is 2.54. The van der Waals surface area contributed by atoms with Gasteiger partial charge in [0.15, 0.2) is 5.13 Å². The maximum atomic E-state index is 13.0. The van der Waals surface area contributed by atoms with E-state index in [1.807, 2.05) is 24.3 Å². The van der Waals surface area contributed by atoms with Gasteiger partial charge in [0.25, 0.3) is 18.3 Å². The molecular formula is C21H23N7O7S2. The Labute approximate surface area is 218 Å². The highest BCUT2D eigenvalue weighted by molar-refractivity contribution is 8.00. The van der Waals surface area contributed by atoms with Crippen molar-refractivity contribution >= 4 is 58.4 Å². The van der Waals surface area contributed by atoms with E-state index in [4.69, 9.17) is 26.2 Å². The third kappa shape index (κ3) is 6.22. The summed E-state index contributed by atoms with van der Waals surface area (Å²) in [5.41, 5.74) is 13.3. The zero-order valence-corrected chi connectivity index (χ0v) is 21.0. The van der Waals surface area contributed by atoms with Crippen molar-refractivity contribution in [1.82, 2.24) is 19.6 Å². The van der Waals surface area contributed by atoms with Gasteiger partial charge in [-0.15, -0.1) is 11.8 Å². The highest BCUT2D eigenvalue weighted by Crippen LogP contribution is 2.40. The molecule has 2 aliphatic rings. The highest BCUT2D eigenvalue weighted by atomic mass is 32.2. The first-order valence-corrected chi connectivity index (χ1v) is 12.4. The third-order valence-electron chi connectivity index (χ3n) is 5.16. The average molecular weight is 550 g/mol. The molecule has 4 rings (SSSR count). The fourth-order valence-electron chi connectivity index (χ4n) is 3.44. The minimum absolute atomic E-state index is 0.0413. The number of nitrogen functional groups attached to an aromatic ring is 1. The molecule has 16 heteroatoms. The molecule has 1 aromatic carbocycles. The van der Waals surface area contributed by atoms with Crippen LogP contribution in [0.3, 0.4) is 0 Å². The predicted molar refractivity (Wildman–Crippen MR) is 134 cm³/mol. The lowest BCUT2D eigenvalue weighted by Crippen LogP contribution is -2.71. The van der Waals surface area contributed by atoms with Gasteiger partial charge in [-0.25, -0.2) is 4.79 Å². The zero-order valence-electron chi connectivity index (χ0n) is 19.4. The van der Waals surface area contributed by atoms with E-state index < -0.39 is 29.2 Å². The molecule has 2 aromatic rings. The van der Waals surface area contributed by atoms with Crippen molar-refractivity contribution in [2.45, 2.75) is 31.5 Å². The van der Waals surface area contributed by atoms with Gasteiger partial charge in [0.1, 0.15) is 23.7 Å². The smallest absolute Gasteiger partial charge is 0.352 e. The lowest BCUT2D eigenvalue weighted by molar-refractivity contribution is -0.150. The number of thioether (sulfide) groups is 1. The Morgan fingerprint density at radius 2 is 1.97 bits per heavy atom. The number of benzene rings is 1. The molecule has 2 amide bonds. The fourth-order valence-corrected chi connectivity index (χ4v) is 5.17. The third-order valence-corrected chi connectivity index (χ3v) is 7.13. The molecular weight excluding hydrogens is 526 g/mol. The van der Waals surface area contributed by atoms with E-state index in [0.717, 1.165) is 22.7 Å². The second-order valence-corrected chi connectivity index (χ2v) is 9.48. The molecule has 14 nitrogen and oxygen atoms in total. The van der Waals surface area contributed by atoms with Crippen LogP contribution in [0.4, 0.5) is 5.13 Å². The van der Waals surface area contributed by atoms with E-state index in [-0.39, 0.29) is 35.4 Å². The van der Waals surface area contributed by atoms with Crippen LogP contribution < -0.4 is 16.8 Å². The van der Waals surface area contributed by atoms with Gasteiger partial charge < -0.3 is 31.8 Å². The first-order chi connectivity index (χ1) is 17.7. The maximum absolute atomic E-state index is 13.0. The minimum atomic E-state index is -1.18. The summed E-state index contributed by atoms with van der Waals surface area (Å²) in [5, 5.41) is 22.5. The number of aliphatic carboxylic acids is 1. The van der Waals surface area contributed by atoms with Gasteiger partial charge >= 0.3 is 5.97 Å². The minimum Gasteiger partial charge on any atom is -0.483 e. The number of anilines is 1. The summed E-state index contributed by atoms with van der Waals surface area (Å²) in [7, 11) is 0. The number of hydrogen-bond acceptors (Lipinski definition) is 12. The van der Waals surface area contributed by atoms with E-state index in [2.05, 4.69) is 19.8 Å². The van der Waals surface area contributed by atoms with E-state index in [1.165, 1.54) is 16.7 Å². The number of aromatic nitrogens is 2. The monoisotopic (exact) mass is 549 g/mol. The van der Waals surface area contributed by atoms with E-state index in [0.29, 0.717) is 17.9 Å². The average Bonchev–Trinajstić information content (AvgIpc) is 3.31. The van der Waals surface area contributed by atoms with E-state index in [9.17, 15) is 19.5 Å². The van der Waals surface area contributed by atoms with Crippen LogP contribution in [0.15, 0.2) is 40.7 Å². The van der Waals surface area contributed by atoms with Crippen LogP contribution in [0.5, 0.6) is 0 Å². The number of oxime groups is 1. The van der Waals surface area contributed by atoms with Crippen molar-refractivity contribution < 1.29 is 34.2 Å². The van der Waals surface area contributed by atoms with Gasteiger partial charge in [-0.05, 0) is 23.6 Å². The zero-order chi connectivity index (χ0) is 27.1. The van der Waals surface area contributed by atoms with Crippen LogP contribution in [0.1, 0.15) is 23.9 Å². The first kappa shape index (κ1) is 27.6. The number of nitrogens with two attached hydrogens (primary N) is 2. The van der Waals surface area contributed by atoms with Crippen LogP contribution in [-0.2, 0) is 37.2 Å². The molecule has 196 valence electrons. The predicted octanol–water partition coefficient (Wildman–Crippen LogP) is -0.0408. The van der Waals surface area contributed by atoms with Gasteiger partial charge in [-0.1, -0.05) is 29.4 Å². The normalized spacial score (nSPS) is 18.7. The molecule has 37 heavy (non-hydrogen) atoms. The van der Waals surface area contributed by atoms with Gasteiger partial charge in [-0.3, -0.25) is 19.3 Å². The van der Waals surface area contributed by atoms with Gasteiger partial charge in [0.05, 0.1) is 0 Å². The molecule has 7 N–H and O–H groups in total. The van der Waals surface area contributed by atoms with Crippen LogP contribution in [-0.4, -0.2) is 71.6 Å². The lowest BCUT2D eigenvalue weighted by Gasteiger charge is -2.49. The standard InChI is InChI=1S/C20H21N7O5S2.CH2O2/c1-9-8-33-18-13(17(29)27(18)14(9)19(30)31)23-16(28)12(15-24-20(22)34-26-15)25-32-7-11-4-2-10(6-21)3-5-11;2-1-3/h2-5,13,18H,6-8,21H2,1H3,(H,23,28)(H,30,31)(H2,22,24,26);1H,(H,2,3)/t13?,18-;/m0./s1. The molecule has 1 saturated heterocycles. The van der Waals surface area contributed by atoms with Crippen molar-refractivity contribution in [2.75, 3.05) is 11.5 Å². The molecule has 0 saturated carbocycles. The van der Waals surface area contributed by atoms with Crippen LogP contribution >= 0.6 is 23.3 Å². The molecule has 0 spiro atoms. The van der Waals surface area contributed by atoms with Gasteiger partial charge in [-0.2, -0.15) is 9.36 Å². The Morgan fingerprint density at radius 1 is 1.32 bits per heavy atom. The van der Waals surface area contributed by atoms with Gasteiger partial charge in [0, 0.05) is 23.8 Å². The molecule has 0 aliphatic carbocycles. The molecule has 0 radical (unpaired) electrons. The molecule has 3 heterocycles. The van der Waals surface area contributed by atoms with Crippen molar-refractivity contribution in [3.8, 4) is 0 Å². The number of nitrogens with one attached hydrogen (secondary N) is 1. The number of hydrogen-bond donors (Lipinski definition) is 5. The van der Waals surface area contributed by atoms with E-state index in [1.54, 1.807) is 6.92 Å². The number of fused-ring (bicyclic) bond motifs is 1. The van der Waals surface area contributed by atoms with Crippen LogP contribution in [0, 0.1) is 0 Å². The summed E-state index contributed by atoms with van der Waals surface area (Å²) < 4.78 is 4.02. The first-order valence-electron chi connectivity index (χ1n) is 10.6. The molecule has 0 bridgehead atoms.